The van der Waals surface area contributed by atoms with Gasteiger partial charge >= 0.3 is 0 Å². The number of carbonyl (C=O) groups is 1. The van der Waals surface area contributed by atoms with Gasteiger partial charge in [-0.2, -0.15) is 0 Å². The SMILES string of the molecule is COc1ccc(/C=C/C(=O)Nc2cccc(S(=O)(=O)NCc3ccco3)c2)c(OC)c1. The second-order valence-corrected chi connectivity index (χ2v) is 8.13. The maximum Gasteiger partial charge on any atom is 0.248 e. The summed E-state index contributed by atoms with van der Waals surface area (Å²) in [6, 6.07) is 14.5. The van der Waals surface area contributed by atoms with E-state index in [1.807, 2.05) is 0 Å². The molecule has 0 saturated carbocycles. The molecule has 0 atom stereocenters. The van der Waals surface area contributed by atoms with Crippen LogP contribution in [0.25, 0.3) is 6.08 Å². The molecule has 1 heterocycles. The molecule has 0 fully saturated rings. The number of nitrogens with one attached hydrogen (secondary N) is 2. The van der Waals surface area contributed by atoms with E-state index in [0.29, 0.717) is 28.5 Å². The number of anilines is 1. The molecule has 0 aliphatic carbocycles. The zero-order chi connectivity index (χ0) is 22.3. The second kappa shape index (κ2) is 9.96. The molecule has 1 aromatic heterocycles. The van der Waals surface area contributed by atoms with E-state index in [9.17, 15) is 13.2 Å². The van der Waals surface area contributed by atoms with Crippen molar-refractivity contribution < 1.29 is 27.1 Å². The first-order chi connectivity index (χ1) is 14.9. The molecule has 0 bridgehead atoms. The van der Waals surface area contributed by atoms with E-state index in [4.69, 9.17) is 13.9 Å². The number of hydrogen-bond donors (Lipinski definition) is 2. The lowest BCUT2D eigenvalue weighted by atomic mass is 10.1. The van der Waals surface area contributed by atoms with E-state index >= 15 is 0 Å². The van der Waals surface area contributed by atoms with Gasteiger partial charge in [-0.1, -0.05) is 6.07 Å². The molecule has 0 aliphatic heterocycles. The highest BCUT2D eigenvalue weighted by molar-refractivity contribution is 7.89. The van der Waals surface area contributed by atoms with Crippen molar-refractivity contribution in [3.05, 3.63) is 78.3 Å². The predicted octanol–water partition coefficient (Wildman–Crippen LogP) is 3.43. The Morgan fingerprint density at radius 1 is 1.06 bits per heavy atom. The normalized spacial score (nSPS) is 11.4. The Balaban J connectivity index is 1.67. The van der Waals surface area contributed by atoms with Crippen molar-refractivity contribution in [1.82, 2.24) is 4.72 Å². The van der Waals surface area contributed by atoms with Crippen LogP contribution in [-0.2, 0) is 21.4 Å². The number of hydrogen-bond acceptors (Lipinski definition) is 6. The molecule has 0 aliphatic rings. The summed E-state index contributed by atoms with van der Waals surface area (Å²) in [5.41, 5.74) is 1.04. The molecule has 0 unspecified atom stereocenters. The number of furan rings is 1. The van der Waals surface area contributed by atoms with Crippen LogP contribution < -0.4 is 19.5 Å². The Morgan fingerprint density at radius 2 is 1.90 bits per heavy atom. The fraction of sp³-hybridized carbons (Fsp3) is 0.136. The highest BCUT2D eigenvalue weighted by atomic mass is 32.2. The monoisotopic (exact) mass is 442 g/mol. The summed E-state index contributed by atoms with van der Waals surface area (Å²) in [6.45, 7) is 0.0261. The van der Waals surface area contributed by atoms with Gasteiger partial charge in [0.25, 0.3) is 0 Å². The molecular weight excluding hydrogens is 420 g/mol. The molecule has 31 heavy (non-hydrogen) atoms. The van der Waals surface area contributed by atoms with E-state index in [2.05, 4.69) is 10.0 Å². The molecule has 0 radical (unpaired) electrons. The summed E-state index contributed by atoms with van der Waals surface area (Å²) in [6.07, 6.45) is 4.40. The molecule has 9 heteroatoms. The van der Waals surface area contributed by atoms with E-state index in [-0.39, 0.29) is 11.4 Å². The maximum absolute atomic E-state index is 12.5. The average Bonchev–Trinajstić information content (AvgIpc) is 3.30. The first-order valence-electron chi connectivity index (χ1n) is 9.24. The summed E-state index contributed by atoms with van der Waals surface area (Å²) < 4.78 is 43.0. The summed E-state index contributed by atoms with van der Waals surface area (Å²) in [5.74, 6) is 1.26. The van der Waals surface area contributed by atoms with Gasteiger partial charge in [-0.15, -0.1) is 0 Å². The number of methoxy groups -OCH3 is 2. The number of rotatable bonds is 9. The van der Waals surface area contributed by atoms with Crippen molar-refractivity contribution in [3.63, 3.8) is 0 Å². The Kier molecular flexibility index (Phi) is 7.11. The number of benzene rings is 2. The number of sulfonamides is 1. The third-order valence-corrected chi connectivity index (χ3v) is 5.68. The Bertz CT molecular complexity index is 1170. The molecular formula is C22H22N2O6S. The van der Waals surface area contributed by atoms with Crippen molar-refractivity contribution >= 4 is 27.7 Å². The average molecular weight is 442 g/mol. The van der Waals surface area contributed by atoms with E-state index < -0.39 is 15.9 Å². The lowest BCUT2D eigenvalue weighted by Gasteiger charge is -2.08. The molecule has 1 amide bonds. The second-order valence-electron chi connectivity index (χ2n) is 6.36. The Morgan fingerprint density at radius 3 is 2.61 bits per heavy atom. The standard InChI is InChI=1S/C22H22N2O6S/c1-28-18-10-8-16(21(14-18)29-2)9-11-22(25)24-17-5-3-7-20(13-17)31(26,27)23-15-19-6-4-12-30-19/h3-14,23H,15H2,1-2H3,(H,24,25)/b11-9+. The minimum Gasteiger partial charge on any atom is -0.497 e. The van der Waals surface area contributed by atoms with E-state index in [1.165, 1.54) is 31.6 Å². The Labute approximate surface area is 180 Å². The van der Waals surface area contributed by atoms with Crippen LogP contribution in [0.5, 0.6) is 11.5 Å². The van der Waals surface area contributed by atoms with Gasteiger partial charge in [0.1, 0.15) is 17.3 Å². The lowest BCUT2D eigenvalue weighted by molar-refractivity contribution is -0.111. The zero-order valence-corrected chi connectivity index (χ0v) is 17.8. The molecule has 0 spiro atoms. The quantitative estimate of drug-likeness (QED) is 0.492. The fourth-order valence-electron chi connectivity index (χ4n) is 2.71. The van der Waals surface area contributed by atoms with Gasteiger partial charge < -0.3 is 19.2 Å². The highest BCUT2D eigenvalue weighted by Gasteiger charge is 2.15. The largest absolute Gasteiger partial charge is 0.497 e. The molecule has 0 saturated heterocycles. The topological polar surface area (TPSA) is 107 Å². The highest BCUT2D eigenvalue weighted by Crippen LogP contribution is 2.25. The van der Waals surface area contributed by atoms with Gasteiger partial charge in [-0.25, -0.2) is 13.1 Å². The molecule has 3 aromatic rings. The van der Waals surface area contributed by atoms with Crippen LogP contribution in [0.15, 0.2) is 76.2 Å². The summed E-state index contributed by atoms with van der Waals surface area (Å²) in [4.78, 5) is 12.3. The van der Waals surface area contributed by atoms with Crippen molar-refractivity contribution in [2.24, 2.45) is 0 Å². The van der Waals surface area contributed by atoms with Crippen LogP contribution >= 0.6 is 0 Å². The number of amides is 1. The summed E-state index contributed by atoms with van der Waals surface area (Å²) in [7, 11) is -0.693. The van der Waals surface area contributed by atoms with Crippen molar-refractivity contribution in [2.45, 2.75) is 11.4 Å². The van der Waals surface area contributed by atoms with Gasteiger partial charge in [-0.05, 0) is 48.5 Å². The third-order valence-electron chi connectivity index (χ3n) is 4.28. The smallest absolute Gasteiger partial charge is 0.248 e. The van der Waals surface area contributed by atoms with Crippen LogP contribution in [0.3, 0.4) is 0 Å². The molecule has 162 valence electrons. The minimum absolute atomic E-state index is 0.0256. The van der Waals surface area contributed by atoms with Crippen LogP contribution in [0, 0.1) is 0 Å². The molecule has 2 N–H and O–H groups in total. The molecule has 8 nitrogen and oxygen atoms in total. The van der Waals surface area contributed by atoms with Crippen molar-refractivity contribution in [2.75, 3.05) is 19.5 Å². The predicted molar refractivity (Wildman–Crippen MR) is 116 cm³/mol. The fourth-order valence-corrected chi connectivity index (χ4v) is 3.75. The summed E-state index contributed by atoms with van der Waals surface area (Å²) in [5, 5.41) is 2.65. The number of ether oxygens (including phenoxy) is 2. The van der Waals surface area contributed by atoms with Gasteiger partial charge in [0.15, 0.2) is 0 Å². The van der Waals surface area contributed by atoms with Crippen molar-refractivity contribution in [3.8, 4) is 11.5 Å². The first-order valence-corrected chi connectivity index (χ1v) is 10.7. The summed E-state index contributed by atoms with van der Waals surface area (Å²) >= 11 is 0. The third kappa shape index (κ3) is 5.97. The van der Waals surface area contributed by atoms with Crippen LogP contribution in [0.4, 0.5) is 5.69 Å². The minimum atomic E-state index is -3.77. The maximum atomic E-state index is 12.5. The molecule has 2 aromatic carbocycles. The lowest BCUT2D eigenvalue weighted by Crippen LogP contribution is -2.23. The van der Waals surface area contributed by atoms with Gasteiger partial charge in [-0.3, -0.25) is 4.79 Å². The first kappa shape index (κ1) is 22.1. The zero-order valence-electron chi connectivity index (χ0n) is 17.0. The van der Waals surface area contributed by atoms with Crippen LogP contribution in [-0.4, -0.2) is 28.5 Å². The van der Waals surface area contributed by atoms with Crippen molar-refractivity contribution in [1.29, 1.82) is 0 Å². The van der Waals surface area contributed by atoms with Crippen LogP contribution in [0.1, 0.15) is 11.3 Å². The molecule has 3 rings (SSSR count). The van der Waals surface area contributed by atoms with Gasteiger partial charge in [0.05, 0.1) is 31.9 Å². The van der Waals surface area contributed by atoms with Gasteiger partial charge in [0, 0.05) is 23.4 Å². The number of carbonyl (C=O) groups excluding carboxylic acids is 1. The van der Waals surface area contributed by atoms with Gasteiger partial charge in [0.2, 0.25) is 15.9 Å². The Hall–Kier alpha value is -3.56. The van der Waals surface area contributed by atoms with E-state index in [1.54, 1.807) is 55.7 Å². The van der Waals surface area contributed by atoms with E-state index in [0.717, 1.165) is 0 Å². The van der Waals surface area contributed by atoms with Crippen LogP contribution in [0.2, 0.25) is 0 Å².